The summed E-state index contributed by atoms with van der Waals surface area (Å²) in [5.74, 6) is 0.702. The van der Waals surface area contributed by atoms with Crippen molar-refractivity contribution in [3.8, 4) is 0 Å². The van der Waals surface area contributed by atoms with Crippen LogP contribution in [0.15, 0.2) is 58.4 Å². The molecule has 0 saturated carbocycles. The zero-order valence-electron chi connectivity index (χ0n) is 12.0. The molecule has 1 aromatic carbocycles. The molecule has 0 fully saturated rings. The van der Waals surface area contributed by atoms with E-state index in [2.05, 4.69) is 25.5 Å². The average molecular weight is 327 g/mol. The molecule has 1 N–H and O–H groups in total. The SMILES string of the molecule is O=C(CSc1nnc(Cc2ccccc2)o1)Nc1ncccn1. The highest BCUT2D eigenvalue weighted by molar-refractivity contribution is 7.99. The minimum absolute atomic E-state index is 0.144. The third kappa shape index (κ3) is 4.62. The zero-order chi connectivity index (χ0) is 15.9. The molecule has 0 aliphatic heterocycles. The molecule has 0 spiro atoms. The minimum atomic E-state index is -0.232. The van der Waals surface area contributed by atoms with Gasteiger partial charge in [-0.1, -0.05) is 42.1 Å². The minimum Gasteiger partial charge on any atom is -0.416 e. The lowest BCUT2D eigenvalue weighted by Crippen LogP contribution is -2.15. The van der Waals surface area contributed by atoms with E-state index in [1.165, 1.54) is 11.8 Å². The van der Waals surface area contributed by atoms with E-state index in [4.69, 9.17) is 4.42 Å². The summed E-state index contributed by atoms with van der Waals surface area (Å²) in [6.45, 7) is 0. The second-order valence-electron chi connectivity index (χ2n) is 4.53. The van der Waals surface area contributed by atoms with Crippen molar-refractivity contribution in [3.05, 3.63) is 60.2 Å². The summed E-state index contributed by atoms with van der Waals surface area (Å²) in [7, 11) is 0. The van der Waals surface area contributed by atoms with Crippen LogP contribution in [-0.4, -0.2) is 31.8 Å². The number of carbonyl (C=O) groups excluding carboxylic acids is 1. The van der Waals surface area contributed by atoms with E-state index in [1.807, 2.05) is 30.3 Å². The number of thioether (sulfide) groups is 1. The van der Waals surface area contributed by atoms with Gasteiger partial charge in [0.25, 0.3) is 5.22 Å². The molecular formula is C15H13N5O2S. The lowest BCUT2D eigenvalue weighted by atomic mass is 10.2. The fraction of sp³-hybridized carbons (Fsp3) is 0.133. The van der Waals surface area contributed by atoms with Crippen molar-refractivity contribution >= 4 is 23.6 Å². The summed E-state index contributed by atoms with van der Waals surface area (Å²) in [5.41, 5.74) is 1.09. The van der Waals surface area contributed by atoms with Crippen molar-refractivity contribution in [1.82, 2.24) is 20.2 Å². The number of amides is 1. The van der Waals surface area contributed by atoms with Crippen molar-refractivity contribution in [1.29, 1.82) is 0 Å². The third-order valence-electron chi connectivity index (χ3n) is 2.79. The van der Waals surface area contributed by atoms with E-state index in [0.29, 0.717) is 17.5 Å². The van der Waals surface area contributed by atoms with Crippen LogP contribution in [0.3, 0.4) is 0 Å². The van der Waals surface area contributed by atoms with Crippen LogP contribution in [0.5, 0.6) is 0 Å². The fourth-order valence-corrected chi connectivity index (χ4v) is 2.37. The number of rotatable bonds is 6. The maximum atomic E-state index is 11.8. The average Bonchev–Trinajstić information content (AvgIpc) is 3.02. The van der Waals surface area contributed by atoms with Crippen LogP contribution < -0.4 is 5.32 Å². The Hall–Kier alpha value is -2.74. The van der Waals surface area contributed by atoms with Gasteiger partial charge >= 0.3 is 0 Å². The molecule has 0 aliphatic carbocycles. The van der Waals surface area contributed by atoms with Gasteiger partial charge in [-0.15, -0.1) is 10.2 Å². The smallest absolute Gasteiger partial charge is 0.277 e. The van der Waals surface area contributed by atoms with Crippen LogP contribution >= 0.6 is 11.8 Å². The molecule has 1 amide bonds. The maximum Gasteiger partial charge on any atom is 0.277 e. The molecule has 0 bridgehead atoms. The van der Waals surface area contributed by atoms with E-state index in [1.54, 1.807) is 18.5 Å². The van der Waals surface area contributed by atoms with Crippen molar-refractivity contribution in [2.45, 2.75) is 11.6 Å². The molecule has 0 unspecified atom stereocenters. The number of hydrogen-bond acceptors (Lipinski definition) is 7. The Kier molecular flexibility index (Phi) is 4.95. The molecule has 2 heterocycles. The van der Waals surface area contributed by atoms with Gasteiger partial charge in [-0.05, 0) is 11.6 Å². The van der Waals surface area contributed by atoms with E-state index in [9.17, 15) is 4.79 Å². The first-order valence-corrected chi connectivity index (χ1v) is 7.84. The molecule has 7 nitrogen and oxygen atoms in total. The largest absolute Gasteiger partial charge is 0.416 e. The zero-order valence-corrected chi connectivity index (χ0v) is 12.9. The molecule has 3 rings (SSSR count). The standard InChI is InChI=1S/C15H13N5O2S/c21-12(18-14-16-7-4-8-17-14)10-23-15-20-19-13(22-15)9-11-5-2-1-3-6-11/h1-8H,9-10H2,(H,16,17,18,21). The molecular weight excluding hydrogens is 314 g/mol. The quantitative estimate of drug-likeness (QED) is 0.693. The third-order valence-corrected chi connectivity index (χ3v) is 3.61. The Bertz CT molecular complexity index is 764. The normalized spacial score (nSPS) is 10.4. The summed E-state index contributed by atoms with van der Waals surface area (Å²) in [5, 5.41) is 10.9. The molecule has 2 aromatic heterocycles. The first kappa shape index (κ1) is 15.2. The molecule has 116 valence electrons. The Morgan fingerprint density at radius 1 is 1.09 bits per heavy atom. The van der Waals surface area contributed by atoms with Gasteiger partial charge in [-0.2, -0.15) is 0 Å². The van der Waals surface area contributed by atoms with Gasteiger partial charge in [0.2, 0.25) is 17.7 Å². The van der Waals surface area contributed by atoms with Crippen molar-refractivity contribution in [2.24, 2.45) is 0 Å². The van der Waals surface area contributed by atoms with Gasteiger partial charge in [-0.25, -0.2) is 9.97 Å². The van der Waals surface area contributed by atoms with E-state index in [-0.39, 0.29) is 17.6 Å². The molecule has 0 aliphatic rings. The maximum absolute atomic E-state index is 11.8. The first-order chi connectivity index (χ1) is 11.3. The van der Waals surface area contributed by atoms with Gasteiger partial charge in [0.1, 0.15) is 0 Å². The number of hydrogen-bond donors (Lipinski definition) is 1. The number of anilines is 1. The van der Waals surface area contributed by atoms with Crippen LogP contribution in [-0.2, 0) is 11.2 Å². The number of nitrogens with zero attached hydrogens (tertiary/aromatic N) is 4. The summed E-state index contributed by atoms with van der Waals surface area (Å²) in [6, 6.07) is 11.5. The van der Waals surface area contributed by atoms with Crippen LogP contribution in [0.25, 0.3) is 0 Å². The highest BCUT2D eigenvalue weighted by atomic mass is 32.2. The van der Waals surface area contributed by atoms with Gasteiger partial charge in [0, 0.05) is 12.4 Å². The summed E-state index contributed by atoms with van der Waals surface area (Å²) >= 11 is 1.17. The number of aromatic nitrogens is 4. The van der Waals surface area contributed by atoms with Gasteiger partial charge in [-0.3, -0.25) is 10.1 Å². The summed E-state index contributed by atoms with van der Waals surface area (Å²) in [4.78, 5) is 19.6. The Morgan fingerprint density at radius 3 is 2.65 bits per heavy atom. The molecule has 23 heavy (non-hydrogen) atoms. The van der Waals surface area contributed by atoms with Gasteiger partial charge in [0.15, 0.2) is 0 Å². The predicted octanol–water partition coefficient (Wildman–Crippen LogP) is 2.18. The molecule has 3 aromatic rings. The lowest BCUT2D eigenvalue weighted by molar-refractivity contribution is -0.113. The highest BCUT2D eigenvalue weighted by Gasteiger charge is 2.11. The number of carbonyl (C=O) groups is 1. The van der Waals surface area contributed by atoms with Gasteiger partial charge in [0.05, 0.1) is 12.2 Å². The number of benzene rings is 1. The fourth-order valence-electron chi connectivity index (χ4n) is 1.79. The second kappa shape index (κ2) is 7.50. The van der Waals surface area contributed by atoms with Crippen molar-refractivity contribution < 1.29 is 9.21 Å². The molecule has 0 atom stereocenters. The molecule has 8 heteroatoms. The van der Waals surface area contributed by atoms with Crippen LogP contribution in [0.1, 0.15) is 11.5 Å². The Balaban J connectivity index is 1.50. The van der Waals surface area contributed by atoms with Crippen LogP contribution in [0.4, 0.5) is 5.95 Å². The van der Waals surface area contributed by atoms with E-state index < -0.39 is 0 Å². The second-order valence-corrected chi connectivity index (χ2v) is 5.46. The summed E-state index contributed by atoms with van der Waals surface area (Å²) < 4.78 is 5.52. The topological polar surface area (TPSA) is 93.8 Å². The van der Waals surface area contributed by atoms with Crippen molar-refractivity contribution in [2.75, 3.05) is 11.1 Å². The van der Waals surface area contributed by atoms with Gasteiger partial charge < -0.3 is 4.42 Å². The predicted molar refractivity (Wildman–Crippen MR) is 84.9 cm³/mol. The van der Waals surface area contributed by atoms with Crippen LogP contribution in [0.2, 0.25) is 0 Å². The molecule has 0 saturated heterocycles. The monoisotopic (exact) mass is 327 g/mol. The van der Waals surface area contributed by atoms with Crippen LogP contribution in [0, 0.1) is 0 Å². The van der Waals surface area contributed by atoms with E-state index >= 15 is 0 Å². The summed E-state index contributed by atoms with van der Waals surface area (Å²) in [6.07, 6.45) is 3.69. The van der Waals surface area contributed by atoms with E-state index in [0.717, 1.165) is 5.56 Å². The highest BCUT2D eigenvalue weighted by Crippen LogP contribution is 2.17. The van der Waals surface area contributed by atoms with Crippen molar-refractivity contribution in [3.63, 3.8) is 0 Å². The Morgan fingerprint density at radius 2 is 1.87 bits per heavy atom. The first-order valence-electron chi connectivity index (χ1n) is 6.85. The number of nitrogens with one attached hydrogen (secondary N) is 1. The molecule has 0 radical (unpaired) electrons. The lowest BCUT2D eigenvalue weighted by Gasteiger charge is -2.00. The Labute approximate surface area is 136 Å².